The number of aromatic hydroxyl groups is 1. The fraction of sp³-hybridized carbons (Fsp3) is 0.0625. The summed E-state index contributed by atoms with van der Waals surface area (Å²) in [6.07, 6.45) is 0. The Morgan fingerprint density at radius 1 is 1.09 bits per heavy atom. The molecule has 0 aliphatic carbocycles. The number of phenolic OH excluding ortho intramolecular Hbond substituents is 1. The Kier molecular flexibility index (Phi) is 3.34. The van der Waals surface area contributed by atoms with E-state index in [0.29, 0.717) is 10.8 Å². The van der Waals surface area contributed by atoms with Gasteiger partial charge in [0.15, 0.2) is 5.69 Å². The van der Waals surface area contributed by atoms with Crippen LogP contribution in [0.1, 0.15) is 10.5 Å². The summed E-state index contributed by atoms with van der Waals surface area (Å²) in [6, 6.07) is 13.2. The quantitative estimate of drug-likeness (QED) is 0.707. The Labute approximate surface area is 125 Å². The summed E-state index contributed by atoms with van der Waals surface area (Å²) in [4.78, 5) is 24.5. The molecule has 0 aliphatic rings. The number of phenols is 1. The van der Waals surface area contributed by atoms with Crippen molar-refractivity contribution >= 4 is 22.4 Å². The Hall–Kier alpha value is -3.15. The van der Waals surface area contributed by atoms with Crippen molar-refractivity contribution in [1.29, 1.82) is 0 Å². The van der Waals surface area contributed by atoms with E-state index in [1.807, 2.05) is 0 Å². The first-order chi connectivity index (χ1) is 10.6. The number of anilines is 1. The average Bonchev–Trinajstić information content (AvgIpc) is 2.53. The van der Waals surface area contributed by atoms with E-state index in [1.54, 1.807) is 42.5 Å². The monoisotopic (exact) mass is 295 g/mol. The third-order valence-electron chi connectivity index (χ3n) is 3.32. The van der Waals surface area contributed by atoms with E-state index in [9.17, 15) is 14.7 Å². The molecule has 1 heterocycles. The number of carbonyl (C=O) groups is 1. The number of hydrogen-bond donors (Lipinski definition) is 2. The molecule has 1 aromatic heterocycles. The van der Waals surface area contributed by atoms with Gasteiger partial charge in [0.1, 0.15) is 5.75 Å². The standard InChI is InChI=1S/C16H13N3O3/c1-19-16(22)11-7-3-2-6-10(11)14(18-19)15(21)17-12-8-4-5-9-13(12)20/h2-9,20H,1H3,(H,17,21). The molecule has 0 fully saturated rings. The molecule has 0 spiro atoms. The van der Waals surface area contributed by atoms with Crippen LogP contribution in [0.15, 0.2) is 53.3 Å². The average molecular weight is 295 g/mol. The molecule has 0 aliphatic heterocycles. The summed E-state index contributed by atoms with van der Waals surface area (Å²) >= 11 is 0. The minimum atomic E-state index is -0.492. The summed E-state index contributed by atoms with van der Waals surface area (Å²) in [6.45, 7) is 0. The second-order valence-electron chi connectivity index (χ2n) is 4.79. The molecule has 2 aromatic carbocycles. The molecule has 6 nitrogen and oxygen atoms in total. The number of hydrogen-bond acceptors (Lipinski definition) is 4. The number of rotatable bonds is 2. The fourth-order valence-corrected chi connectivity index (χ4v) is 2.23. The first-order valence-electron chi connectivity index (χ1n) is 6.63. The van der Waals surface area contributed by atoms with Crippen molar-refractivity contribution in [2.45, 2.75) is 0 Å². The summed E-state index contributed by atoms with van der Waals surface area (Å²) in [5.41, 5.74) is 0.142. The minimum Gasteiger partial charge on any atom is -0.506 e. The largest absolute Gasteiger partial charge is 0.506 e. The zero-order chi connectivity index (χ0) is 15.7. The van der Waals surface area contributed by atoms with E-state index >= 15 is 0 Å². The van der Waals surface area contributed by atoms with Crippen molar-refractivity contribution < 1.29 is 9.90 Å². The van der Waals surface area contributed by atoms with Gasteiger partial charge >= 0.3 is 0 Å². The van der Waals surface area contributed by atoms with Crippen molar-refractivity contribution in [1.82, 2.24) is 9.78 Å². The number of benzene rings is 2. The van der Waals surface area contributed by atoms with Crippen LogP contribution in [0.5, 0.6) is 5.75 Å². The third kappa shape index (κ3) is 2.31. The van der Waals surface area contributed by atoms with Gasteiger partial charge in [0.25, 0.3) is 11.5 Å². The number of carbonyl (C=O) groups excluding carboxylic acids is 1. The van der Waals surface area contributed by atoms with E-state index in [-0.39, 0.29) is 22.7 Å². The van der Waals surface area contributed by atoms with Crippen LogP contribution < -0.4 is 10.9 Å². The highest BCUT2D eigenvalue weighted by Crippen LogP contribution is 2.23. The number of para-hydroxylation sites is 2. The molecule has 110 valence electrons. The van der Waals surface area contributed by atoms with Gasteiger partial charge in [-0.05, 0) is 18.2 Å². The van der Waals surface area contributed by atoms with Crippen molar-refractivity contribution in [3.63, 3.8) is 0 Å². The molecule has 3 aromatic rings. The predicted molar refractivity (Wildman–Crippen MR) is 83.0 cm³/mol. The molecule has 0 radical (unpaired) electrons. The highest BCUT2D eigenvalue weighted by atomic mass is 16.3. The second-order valence-corrected chi connectivity index (χ2v) is 4.79. The summed E-state index contributed by atoms with van der Waals surface area (Å²) in [7, 11) is 1.49. The van der Waals surface area contributed by atoms with Crippen LogP contribution in [-0.2, 0) is 7.05 Å². The molecule has 0 atom stereocenters. The second kappa shape index (κ2) is 5.33. The SMILES string of the molecule is Cn1nc(C(=O)Nc2ccccc2O)c2ccccc2c1=O. The highest BCUT2D eigenvalue weighted by Gasteiger charge is 2.16. The van der Waals surface area contributed by atoms with Gasteiger partial charge in [-0.1, -0.05) is 30.3 Å². The highest BCUT2D eigenvalue weighted by molar-refractivity contribution is 6.11. The maximum Gasteiger partial charge on any atom is 0.276 e. The number of amides is 1. The van der Waals surface area contributed by atoms with Crippen molar-refractivity contribution in [2.24, 2.45) is 7.05 Å². The molecule has 6 heteroatoms. The number of nitrogens with zero attached hydrogens (tertiary/aromatic N) is 2. The summed E-state index contributed by atoms with van der Waals surface area (Å²) < 4.78 is 1.13. The van der Waals surface area contributed by atoms with Crippen LogP contribution >= 0.6 is 0 Å². The van der Waals surface area contributed by atoms with Crippen molar-refractivity contribution in [3.05, 3.63) is 64.6 Å². The van der Waals surface area contributed by atoms with Crippen molar-refractivity contribution in [2.75, 3.05) is 5.32 Å². The van der Waals surface area contributed by atoms with E-state index in [2.05, 4.69) is 10.4 Å². The van der Waals surface area contributed by atoms with Gasteiger partial charge in [0.2, 0.25) is 0 Å². The van der Waals surface area contributed by atoms with Gasteiger partial charge in [-0.15, -0.1) is 0 Å². The van der Waals surface area contributed by atoms with Gasteiger partial charge in [0, 0.05) is 12.4 Å². The van der Waals surface area contributed by atoms with Gasteiger partial charge in [-0.25, -0.2) is 4.68 Å². The Bertz CT molecular complexity index is 931. The maximum absolute atomic E-state index is 12.4. The van der Waals surface area contributed by atoms with Gasteiger partial charge < -0.3 is 10.4 Å². The fourth-order valence-electron chi connectivity index (χ4n) is 2.23. The number of fused-ring (bicyclic) bond motifs is 1. The molecule has 0 bridgehead atoms. The molecule has 0 unspecified atom stereocenters. The topological polar surface area (TPSA) is 84.2 Å². The minimum absolute atomic E-state index is 0.0371. The number of aromatic nitrogens is 2. The van der Waals surface area contributed by atoms with Crippen LogP contribution in [-0.4, -0.2) is 20.8 Å². The van der Waals surface area contributed by atoms with Crippen LogP contribution in [0.2, 0.25) is 0 Å². The smallest absolute Gasteiger partial charge is 0.276 e. The summed E-state index contributed by atoms with van der Waals surface area (Å²) in [5, 5.41) is 17.3. The molecular weight excluding hydrogens is 282 g/mol. The lowest BCUT2D eigenvalue weighted by molar-refractivity contribution is 0.102. The molecule has 22 heavy (non-hydrogen) atoms. The lowest BCUT2D eigenvalue weighted by Crippen LogP contribution is -2.25. The first kappa shape index (κ1) is 13.8. The zero-order valence-corrected chi connectivity index (χ0v) is 11.8. The van der Waals surface area contributed by atoms with Crippen LogP contribution in [0.4, 0.5) is 5.69 Å². The van der Waals surface area contributed by atoms with E-state index < -0.39 is 5.91 Å². The van der Waals surface area contributed by atoms with Crippen molar-refractivity contribution in [3.8, 4) is 5.75 Å². The lowest BCUT2D eigenvalue weighted by Gasteiger charge is -2.09. The van der Waals surface area contributed by atoms with Crippen LogP contribution in [0.3, 0.4) is 0 Å². The van der Waals surface area contributed by atoms with Crippen LogP contribution in [0, 0.1) is 0 Å². The zero-order valence-electron chi connectivity index (χ0n) is 11.8. The molecule has 1 amide bonds. The van der Waals surface area contributed by atoms with E-state index in [0.717, 1.165) is 4.68 Å². The molecular formula is C16H13N3O3. The normalized spacial score (nSPS) is 10.6. The Morgan fingerprint density at radius 3 is 2.45 bits per heavy atom. The first-order valence-corrected chi connectivity index (χ1v) is 6.63. The predicted octanol–water partition coefficient (Wildman–Crippen LogP) is 1.89. The third-order valence-corrected chi connectivity index (χ3v) is 3.32. The Morgan fingerprint density at radius 2 is 1.73 bits per heavy atom. The van der Waals surface area contributed by atoms with Gasteiger partial charge in [-0.2, -0.15) is 5.10 Å². The van der Waals surface area contributed by atoms with E-state index in [1.165, 1.54) is 13.1 Å². The van der Waals surface area contributed by atoms with E-state index in [4.69, 9.17) is 0 Å². The number of aryl methyl sites for hydroxylation is 1. The molecule has 0 saturated heterocycles. The van der Waals surface area contributed by atoms with Gasteiger partial charge in [0.05, 0.1) is 11.1 Å². The maximum atomic E-state index is 12.4. The Balaban J connectivity index is 2.11. The van der Waals surface area contributed by atoms with Gasteiger partial charge in [-0.3, -0.25) is 9.59 Å². The lowest BCUT2D eigenvalue weighted by atomic mass is 10.1. The molecule has 3 rings (SSSR count). The molecule has 0 saturated carbocycles. The summed E-state index contributed by atoms with van der Waals surface area (Å²) in [5.74, 6) is -0.529. The molecule has 2 N–H and O–H groups in total. The van der Waals surface area contributed by atoms with Crippen LogP contribution in [0.25, 0.3) is 10.8 Å². The number of nitrogens with one attached hydrogen (secondary N) is 1.